The van der Waals surface area contributed by atoms with E-state index in [0.29, 0.717) is 12.8 Å². The van der Waals surface area contributed by atoms with Crippen molar-refractivity contribution in [3.8, 4) is 0 Å². The summed E-state index contributed by atoms with van der Waals surface area (Å²) in [6, 6.07) is -1.25. The fraction of sp³-hybridized carbons (Fsp3) is 0.812. The molecule has 0 radical (unpaired) electrons. The van der Waals surface area contributed by atoms with E-state index in [9.17, 15) is 27.6 Å². The van der Waals surface area contributed by atoms with Gasteiger partial charge in [0, 0.05) is 6.04 Å². The molecule has 6 nitrogen and oxygen atoms in total. The zero-order valence-electron chi connectivity index (χ0n) is 14.1. The molecule has 9 heteroatoms. The third kappa shape index (κ3) is 3.59. The molecule has 0 aromatic rings. The number of carbonyl (C=O) groups excluding carboxylic acids is 3. The van der Waals surface area contributed by atoms with Gasteiger partial charge in [-0.05, 0) is 38.5 Å². The maximum atomic E-state index is 12.9. The van der Waals surface area contributed by atoms with Gasteiger partial charge in [0.15, 0.2) is 0 Å². The SMILES string of the molecule is C[C@H](C1CC1)N(CC(F)(F)F)C(=O)CN1C(=O)NC2(CCCC2)C1=O. The van der Waals surface area contributed by atoms with Crippen LogP contribution in [0.3, 0.4) is 0 Å². The van der Waals surface area contributed by atoms with E-state index in [1.807, 2.05) is 0 Å². The predicted molar refractivity (Wildman–Crippen MR) is 81.4 cm³/mol. The highest BCUT2D eigenvalue weighted by Gasteiger charge is 2.53. The van der Waals surface area contributed by atoms with Crippen LogP contribution in [0, 0.1) is 5.92 Å². The minimum absolute atomic E-state index is 0.0515. The van der Waals surface area contributed by atoms with Gasteiger partial charge in [-0.1, -0.05) is 12.8 Å². The molecule has 1 saturated heterocycles. The molecule has 3 aliphatic rings. The fourth-order valence-electron chi connectivity index (χ4n) is 3.85. The number of hydrogen-bond donors (Lipinski definition) is 1. The summed E-state index contributed by atoms with van der Waals surface area (Å²) in [6.45, 7) is -0.413. The molecule has 1 heterocycles. The van der Waals surface area contributed by atoms with E-state index in [2.05, 4.69) is 5.32 Å². The quantitative estimate of drug-likeness (QED) is 0.762. The Balaban J connectivity index is 1.72. The summed E-state index contributed by atoms with van der Waals surface area (Å²) < 4.78 is 38.6. The first kappa shape index (κ1) is 18.0. The lowest BCUT2D eigenvalue weighted by molar-refractivity contribution is -0.166. The van der Waals surface area contributed by atoms with Gasteiger partial charge in [-0.15, -0.1) is 0 Å². The van der Waals surface area contributed by atoms with Gasteiger partial charge in [-0.25, -0.2) is 4.79 Å². The van der Waals surface area contributed by atoms with Crippen molar-refractivity contribution in [1.82, 2.24) is 15.1 Å². The Kier molecular flexibility index (Phi) is 4.45. The average molecular weight is 361 g/mol. The number of nitrogens with zero attached hydrogens (tertiary/aromatic N) is 2. The van der Waals surface area contributed by atoms with Crippen molar-refractivity contribution in [2.75, 3.05) is 13.1 Å². The topological polar surface area (TPSA) is 69.7 Å². The van der Waals surface area contributed by atoms with Gasteiger partial charge >= 0.3 is 12.2 Å². The molecular formula is C16H22F3N3O3. The summed E-state index contributed by atoms with van der Waals surface area (Å²) >= 11 is 0. The van der Waals surface area contributed by atoms with Crippen LogP contribution in [0.1, 0.15) is 45.4 Å². The first-order chi connectivity index (χ1) is 11.6. The second kappa shape index (κ2) is 6.17. The van der Waals surface area contributed by atoms with Crippen molar-refractivity contribution in [1.29, 1.82) is 0 Å². The third-order valence-corrected chi connectivity index (χ3v) is 5.46. The normalized spacial score (nSPS) is 23.9. The Morgan fingerprint density at radius 3 is 2.44 bits per heavy atom. The highest BCUT2D eigenvalue weighted by atomic mass is 19.4. The number of imide groups is 1. The van der Waals surface area contributed by atoms with Gasteiger partial charge in [-0.2, -0.15) is 13.2 Å². The number of hydrogen-bond acceptors (Lipinski definition) is 3. The Bertz CT molecular complexity index is 583. The molecule has 0 unspecified atom stereocenters. The maximum Gasteiger partial charge on any atom is 0.406 e. The van der Waals surface area contributed by atoms with Crippen molar-refractivity contribution in [3.05, 3.63) is 0 Å². The first-order valence-electron chi connectivity index (χ1n) is 8.63. The average Bonchev–Trinajstić information content (AvgIpc) is 3.22. The van der Waals surface area contributed by atoms with E-state index in [1.54, 1.807) is 6.92 Å². The van der Waals surface area contributed by atoms with Crippen LogP contribution in [-0.2, 0) is 9.59 Å². The summed E-state index contributed by atoms with van der Waals surface area (Å²) in [4.78, 5) is 38.7. The van der Waals surface area contributed by atoms with Crippen LogP contribution >= 0.6 is 0 Å². The van der Waals surface area contributed by atoms with Crippen molar-refractivity contribution in [2.45, 2.75) is 63.2 Å². The first-order valence-corrected chi connectivity index (χ1v) is 8.63. The van der Waals surface area contributed by atoms with E-state index < -0.39 is 48.7 Å². The molecule has 2 aliphatic carbocycles. The van der Waals surface area contributed by atoms with Gasteiger partial charge in [0.05, 0.1) is 0 Å². The van der Waals surface area contributed by atoms with Crippen LogP contribution in [0.15, 0.2) is 0 Å². The Morgan fingerprint density at radius 1 is 1.32 bits per heavy atom. The number of halogens is 3. The molecule has 2 saturated carbocycles. The highest BCUT2D eigenvalue weighted by Crippen LogP contribution is 2.37. The van der Waals surface area contributed by atoms with Gasteiger partial charge in [0.2, 0.25) is 5.91 Å². The molecule has 3 fully saturated rings. The maximum absolute atomic E-state index is 12.9. The van der Waals surface area contributed by atoms with Gasteiger partial charge in [-0.3, -0.25) is 14.5 Å². The molecule has 0 aromatic heterocycles. The molecule has 1 spiro atoms. The second-order valence-corrected chi connectivity index (χ2v) is 7.33. The summed E-state index contributed by atoms with van der Waals surface area (Å²) in [5.41, 5.74) is -0.964. The predicted octanol–water partition coefficient (Wildman–Crippen LogP) is 2.04. The largest absolute Gasteiger partial charge is 0.406 e. The van der Waals surface area contributed by atoms with Gasteiger partial charge < -0.3 is 10.2 Å². The molecule has 25 heavy (non-hydrogen) atoms. The van der Waals surface area contributed by atoms with Crippen LogP contribution in [-0.4, -0.2) is 58.5 Å². The Hall–Kier alpha value is -1.80. The Morgan fingerprint density at radius 2 is 1.92 bits per heavy atom. The standard InChI is InChI=1S/C16H22F3N3O3/c1-10(11-4-5-11)22(9-16(17,18)19)12(23)8-21-13(24)15(20-14(21)25)6-2-3-7-15/h10-11H,2-9H2,1H3,(H,20,25)/t10-/m1/s1. The fourth-order valence-corrected chi connectivity index (χ4v) is 3.85. The van der Waals surface area contributed by atoms with Crippen molar-refractivity contribution >= 4 is 17.8 Å². The molecule has 140 valence electrons. The number of urea groups is 1. The third-order valence-electron chi connectivity index (χ3n) is 5.46. The number of amides is 4. The van der Waals surface area contributed by atoms with Crippen LogP contribution in [0.5, 0.6) is 0 Å². The molecule has 3 rings (SSSR count). The summed E-state index contributed by atoms with van der Waals surface area (Å²) in [7, 11) is 0. The number of carbonyl (C=O) groups is 3. The monoisotopic (exact) mass is 361 g/mol. The lowest BCUT2D eigenvalue weighted by Crippen LogP contribution is -2.51. The van der Waals surface area contributed by atoms with E-state index >= 15 is 0 Å². The summed E-state index contributed by atoms with van der Waals surface area (Å²) in [5, 5.41) is 2.63. The van der Waals surface area contributed by atoms with Crippen molar-refractivity contribution in [3.63, 3.8) is 0 Å². The van der Waals surface area contributed by atoms with E-state index in [0.717, 1.165) is 35.5 Å². The zero-order valence-corrected chi connectivity index (χ0v) is 14.1. The number of nitrogens with one attached hydrogen (secondary N) is 1. The summed E-state index contributed by atoms with van der Waals surface area (Å²) in [6.07, 6.45) is -0.341. The number of alkyl halides is 3. The van der Waals surface area contributed by atoms with Crippen LogP contribution in [0.2, 0.25) is 0 Å². The van der Waals surface area contributed by atoms with Crippen LogP contribution in [0.25, 0.3) is 0 Å². The second-order valence-electron chi connectivity index (χ2n) is 7.33. The summed E-state index contributed by atoms with van der Waals surface area (Å²) in [5.74, 6) is -1.28. The molecule has 1 N–H and O–H groups in total. The van der Waals surface area contributed by atoms with Gasteiger partial charge in [0.1, 0.15) is 18.6 Å². The molecule has 1 atom stereocenters. The lowest BCUT2D eigenvalue weighted by Gasteiger charge is -2.31. The van der Waals surface area contributed by atoms with Crippen molar-refractivity contribution < 1.29 is 27.6 Å². The number of rotatable bonds is 5. The minimum atomic E-state index is -4.53. The Labute approximate surface area is 143 Å². The molecular weight excluding hydrogens is 339 g/mol. The lowest BCUT2D eigenvalue weighted by atomic mass is 9.98. The smallest absolute Gasteiger partial charge is 0.329 e. The highest BCUT2D eigenvalue weighted by molar-refractivity contribution is 6.09. The minimum Gasteiger partial charge on any atom is -0.329 e. The van der Waals surface area contributed by atoms with Crippen molar-refractivity contribution in [2.24, 2.45) is 5.92 Å². The van der Waals surface area contributed by atoms with Gasteiger partial charge in [0.25, 0.3) is 5.91 Å². The van der Waals surface area contributed by atoms with Crippen LogP contribution in [0.4, 0.5) is 18.0 Å². The van der Waals surface area contributed by atoms with E-state index in [1.165, 1.54) is 0 Å². The molecule has 1 aliphatic heterocycles. The molecule has 4 amide bonds. The van der Waals surface area contributed by atoms with E-state index in [4.69, 9.17) is 0 Å². The van der Waals surface area contributed by atoms with Crippen LogP contribution < -0.4 is 5.32 Å². The van der Waals surface area contributed by atoms with E-state index in [-0.39, 0.29) is 5.92 Å². The molecule has 0 bridgehead atoms. The zero-order chi connectivity index (χ0) is 18.4. The molecule has 0 aromatic carbocycles.